The molecule has 2 rings (SSSR count). The second-order valence-corrected chi connectivity index (χ2v) is 3.00. The molecule has 0 radical (unpaired) electrons. The van der Waals surface area contributed by atoms with Gasteiger partial charge in [0, 0.05) is 0 Å². The first-order valence-electron chi connectivity index (χ1n) is 4.04. The summed E-state index contributed by atoms with van der Waals surface area (Å²) in [6.07, 6.45) is -0.151. The van der Waals surface area contributed by atoms with Gasteiger partial charge in [0.2, 0.25) is 0 Å². The molecule has 1 atom stereocenters. The molecule has 0 aromatic heterocycles. The zero-order chi connectivity index (χ0) is 9.42. The highest BCUT2D eigenvalue weighted by Crippen LogP contribution is 2.22. The van der Waals surface area contributed by atoms with Gasteiger partial charge in [-0.1, -0.05) is 6.07 Å². The summed E-state index contributed by atoms with van der Waals surface area (Å²) in [5.41, 5.74) is 0.650. The van der Waals surface area contributed by atoms with E-state index >= 15 is 0 Å². The lowest BCUT2D eigenvalue weighted by Gasteiger charge is -2.24. The van der Waals surface area contributed by atoms with Gasteiger partial charge in [0.15, 0.2) is 0 Å². The van der Waals surface area contributed by atoms with Gasteiger partial charge in [-0.2, -0.15) is 0 Å². The molecule has 1 unspecified atom stereocenters. The van der Waals surface area contributed by atoms with Crippen LogP contribution >= 0.6 is 0 Å². The average Bonchev–Trinajstić information content (AvgIpc) is 2.02. The van der Waals surface area contributed by atoms with Gasteiger partial charge in [-0.15, -0.1) is 0 Å². The molecule has 13 heavy (non-hydrogen) atoms. The van der Waals surface area contributed by atoms with Crippen molar-refractivity contribution in [1.82, 2.24) is 5.32 Å². The Morgan fingerprint density at radius 3 is 2.92 bits per heavy atom. The van der Waals surface area contributed by atoms with E-state index in [1.54, 1.807) is 19.1 Å². The average molecular weight is 180 g/mol. The Labute approximate surface area is 74.9 Å². The van der Waals surface area contributed by atoms with Crippen LogP contribution in [0.5, 0.6) is 0 Å². The quantitative estimate of drug-likeness (QED) is 0.632. The van der Waals surface area contributed by atoms with E-state index in [1.807, 2.05) is 0 Å². The minimum Gasteiger partial charge on any atom is -0.365 e. The van der Waals surface area contributed by atoms with Crippen molar-refractivity contribution in [2.24, 2.45) is 0 Å². The van der Waals surface area contributed by atoms with Gasteiger partial charge in [-0.25, -0.2) is 4.39 Å². The predicted molar refractivity (Wildman–Crippen MR) is 47.0 cm³/mol. The number of halogens is 1. The number of anilines is 1. The Balaban J connectivity index is 2.55. The molecular weight excluding hydrogens is 171 g/mol. The molecule has 0 saturated heterocycles. The van der Waals surface area contributed by atoms with Gasteiger partial charge in [-0.05, 0) is 19.1 Å². The number of nitrogens with one attached hydrogen (secondary N) is 2. The summed E-state index contributed by atoms with van der Waals surface area (Å²) < 4.78 is 13.1. The molecule has 1 aromatic rings. The smallest absolute Gasteiger partial charge is 0.257 e. The molecule has 0 fully saturated rings. The third-order valence-corrected chi connectivity index (χ3v) is 1.96. The molecule has 1 aliphatic rings. The van der Waals surface area contributed by atoms with Gasteiger partial charge < -0.3 is 10.6 Å². The molecular formula is C9H9FN2O. The van der Waals surface area contributed by atoms with E-state index in [9.17, 15) is 9.18 Å². The van der Waals surface area contributed by atoms with Crippen LogP contribution in [-0.4, -0.2) is 12.1 Å². The molecule has 0 aliphatic carbocycles. The van der Waals surface area contributed by atoms with Gasteiger partial charge in [0.25, 0.3) is 5.91 Å². The van der Waals surface area contributed by atoms with Crippen molar-refractivity contribution in [3.8, 4) is 0 Å². The van der Waals surface area contributed by atoms with Crippen LogP contribution in [0.3, 0.4) is 0 Å². The molecule has 3 nitrogen and oxygen atoms in total. The van der Waals surface area contributed by atoms with Gasteiger partial charge in [-0.3, -0.25) is 4.79 Å². The van der Waals surface area contributed by atoms with Crippen LogP contribution in [-0.2, 0) is 0 Å². The molecule has 0 bridgehead atoms. The lowest BCUT2D eigenvalue weighted by atomic mass is 10.1. The summed E-state index contributed by atoms with van der Waals surface area (Å²) in [5.74, 6) is -0.853. The number of hydrogen-bond donors (Lipinski definition) is 2. The largest absolute Gasteiger partial charge is 0.365 e. The Hall–Kier alpha value is -1.58. The van der Waals surface area contributed by atoms with Crippen molar-refractivity contribution in [3.63, 3.8) is 0 Å². The number of benzene rings is 1. The van der Waals surface area contributed by atoms with E-state index in [4.69, 9.17) is 0 Å². The molecule has 0 saturated carbocycles. The highest BCUT2D eigenvalue weighted by molar-refractivity contribution is 6.01. The molecule has 4 heteroatoms. The van der Waals surface area contributed by atoms with E-state index in [0.29, 0.717) is 5.69 Å². The second-order valence-electron chi connectivity index (χ2n) is 3.00. The van der Waals surface area contributed by atoms with Crippen molar-refractivity contribution in [2.75, 3.05) is 5.32 Å². The normalized spacial score (nSPS) is 20.2. The highest BCUT2D eigenvalue weighted by atomic mass is 19.1. The molecule has 1 heterocycles. The maximum Gasteiger partial charge on any atom is 0.257 e. The van der Waals surface area contributed by atoms with E-state index in [1.165, 1.54) is 6.07 Å². The third-order valence-electron chi connectivity index (χ3n) is 1.96. The molecule has 1 amide bonds. The van der Waals surface area contributed by atoms with Crippen LogP contribution in [0.2, 0.25) is 0 Å². The summed E-state index contributed by atoms with van der Waals surface area (Å²) in [6.45, 7) is 1.80. The van der Waals surface area contributed by atoms with Gasteiger partial charge in [0.1, 0.15) is 5.82 Å². The Bertz CT molecular complexity index is 365. The van der Waals surface area contributed by atoms with Crippen molar-refractivity contribution >= 4 is 11.6 Å². The fourth-order valence-corrected chi connectivity index (χ4v) is 1.41. The molecule has 68 valence electrons. The Kier molecular flexibility index (Phi) is 1.69. The monoisotopic (exact) mass is 180 g/mol. The topological polar surface area (TPSA) is 41.1 Å². The molecule has 1 aromatic carbocycles. The minimum absolute atomic E-state index is 0.0978. The zero-order valence-corrected chi connectivity index (χ0v) is 7.10. The highest BCUT2D eigenvalue weighted by Gasteiger charge is 2.23. The lowest BCUT2D eigenvalue weighted by Crippen LogP contribution is -2.43. The maximum absolute atomic E-state index is 13.1. The van der Waals surface area contributed by atoms with Crippen LogP contribution in [0.25, 0.3) is 0 Å². The number of carbonyl (C=O) groups is 1. The summed E-state index contributed by atoms with van der Waals surface area (Å²) in [6, 6.07) is 4.54. The summed E-state index contributed by atoms with van der Waals surface area (Å²) in [7, 11) is 0. The fraction of sp³-hybridized carbons (Fsp3) is 0.222. The minimum atomic E-state index is -0.491. The second kappa shape index (κ2) is 2.73. The molecule has 1 aliphatic heterocycles. The Morgan fingerprint density at radius 1 is 1.38 bits per heavy atom. The number of rotatable bonds is 0. The van der Waals surface area contributed by atoms with Crippen LogP contribution in [0.15, 0.2) is 18.2 Å². The maximum atomic E-state index is 13.1. The van der Waals surface area contributed by atoms with Crippen LogP contribution in [0.1, 0.15) is 17.3 Å². The van der Waals surface area contributed by atoms with Crippen LogP contribution in [0, 0.1) is 5.82 Å². The van der Waals surface area contributed by atoms with E-state index in [0.717, 1.165) is 0 Å². The zero-order valence-electron chi connectivity index (χ0n) is 7.10. The van der Waals surface area contributed by atoms with E-state index < -0.39 is 5.82 Å². The van der Waals surface area contributed by atoms with Crippen molar-refractivity contribution in [3.05, 3.63) is 29.6 Å². The number of fused-ring (bicyclic) bond motifs is 1. The molecule has 0 spiro atoms. The van der Waals surface area contributed by atoms with Crippen LogP contribution < -0.4 is 10.6 Å². The van der Waals surface area contributed by atoms with Crippen molar-refractivity contribution in [2.45, 2.75) is 13.1 Å². The number of carbonyl (C=O) groups excluding carboxylic acids is 1. The third kappa shape index (κ3) is 1.24. The van der Waals surface area contributed by atoms with Gasteiger partial charge in [0.05, 0.1) is 17.4 Å². The summed E-state index contributed by atoms with van der Waals surface area (Å²) in [4.78, 5) is 11.3. The predicted octanol–water partition coefficient (Wildman–Crippen LogP) is 1.33. The number of amides is 1. The van der Waals surface area contributed by atoms with Gasteiger partial charge >= 0.3 is 0 Å². The summed E-state index contributed by atoms with van der Waals surface area (Å²) >= 11 is 0. The lowest BCUT2D eigenvalue weighted by molar-refractivity contribution is 0.0935. The first-order valence-corrected chi connectivity index (χ1v) is 4.04. The standard InChI is InChI=1S/C9H9FN2O/c1-5-11-7-4-2-3-6(10)8(7)9(13)12-5/h2-5,11H,1H3,(H,12,13). The Morgan fingerprint density at radius 2 is 2.15 bits per heavy atom. The van der Waals surface area contributed by atoms with E-state index in [-0.39, 0.29) is 17.6 Å². The molecule has 2 N–H and O–H groups in total. The van der Waals surface area contributed by atoms with Crippen molar-refractivity contribution < 1.29 is 9.18 Å². The fourth-order valence-electron chi connectivity index (χ4n) is 1.41. The van der Waals surface area contributed by atoms with Crippen LogP contribution in [0.4, 0.5) is 10.1 Å². The number of hydrogen-bond acceptors (Lipinski definition) is 2. The van der Waals surface area contributed by atoms with Crippen molar-refractivity contribution in [1.29, 1.82) is 0 Å². The SMILES string of the molecule is CC1NC(=O)c2c(F)cccc2N1. The first-order chi connectivity index (χ1) is 6.18. The first kappa shape index (κ1) is 8.04. The summed E-state index contributed by atoms with van der Waals surface area (Å²) in [5, 5.41) is 5.55. The van der Waals surface area contributed by atoms with E-state index in [2.05, 4.69) is 10.6 Å².